The van der Waals surface area contributed by atoms with Gasteiger partial charge in [-0.1, -0.05) is 6.07 Å². The Morgan fingerprint density at radius 2 is 2.08 bits per heavy atom. The topological polar surface area (TPSA) is 72.2 Å². The van der Waals surface area contributed by atoms with Gasteiger partial charge in [-0.05, 0) is 24.6 Å². The summed E-state index contributed by atoms with van der Waals surface area (Å²) in [6.45, 7) is 3.98. The average Bonchev–Trinajstić information content (AvgIpc) is 3.25. The van der Waals surface area contributed by atoms with Crippen LogP contribution in [0.1, 0.15) is 18.2 Å². The van der Waals surface area contributed by atoms with E-state index in [2.05, 4.69) is 20.6 Å². The third kappa shape index (κ3) is 4.26. The zero-order valence-electron chi connectivity index (χ0n) is 15.2. The highest BCUT2D eigenvalue weighted by atomic mass is 32.1. The molecule has 0 unspecified atom stereocenters. The normalized spacial score (nSPS) is 11.6. The molecule has 3 rings (SSSR count). The van der Waals surface area contributed by atoms with Crippen LogP contribution in [0.15, 0.2) is 41.0 Å². The average molecular weight is 373 g/mol. The smallest absolute Gasteiger partial charge is 0.193 e. The lowest BCUT2D eigenvalue weighted by Crippen LogP contribution is -2.36. The summed E-state index contributed by atoms with van der Waals surface area (Å²) in [6, 6.07) is 5.81. The quantitative estimate of drug-likeness (QED) is 0.492. The van der Waals surface area contributed by atoms with Crippen LogP contribution in [-0.4, -0.2) is 36.1 Å². The minimum atomic E-state index is 0.536. The lowest BCUT2D eigenvalue weighted by molar-refractivity contribution is 0.354. The standard InChI is InChI=1S/C18H23N5O2S/c1-4-19-17(21-11-14-12-23-7-8-26-18(23)22-14)20-10-13-5-6-15(24-2)16(9-13)25-3/h5-9,12H,4,10-11H2,1-3H3,(H2,19,20,21). The minimum absolute atomic E-state index is 0.536. The number of aromatic nitrogens is 2. The lowest BCUT2D eigenvalue weighted by Gasteiger charge is -2.11. The van der Waals surface area contributed by atoms with Gasteiger partial charge in [-0.15, -0.1) is 11.3 Å². The molecule has 0 saturated heterocycles. The summed E-state index contributed by atoms with van der Waals surface area (Å²) in [5.74, 6) is 2.17. The fourth-order valence-corrected chi connectivity index (χ4v) is 3.25. The molecule has 0 fully saturated rings. The maximum absolute atomic E-state index is 5.34. The van der Waals surface area contributed by atoms with Crippen LogP contribution < -0.4 is 20.1 Å². The minimum Gasteiger partial charge on any atom is -0.493 e. The molecule has 2 aromatic heterocycles. The van der Waals surface area contributed by atoms with Crippen molar-refractivity contribution in [1.82, 2.24) is 20.0 Å². The van der Waals surface area contributed by atoms with Crippen molar-refractivity contribution in [3.63, 3.8) is 0 Å². The van der Waals surface area contributed by atoms with Crippen molar-refractivity contribution in [2.75, 3.05) is 20.8 Å². The number of methoxy groups -OCH3 is 2. The number of hydrogen-bond acceptors (Lipinski definition) is 5. The number of fused-ring (bicyclic) bond motifs is 1. The Morgan fingerprint density at radius 1 is 1.23 bits per heavy atom. The van der Waals surface area contributed by atoms with Crippen LogP contribution in [0.25, 0.3) is 4.96 Å². The first-order chi connectivity index (χ1) is 12.7. The SMILES string of the molecule is CCNC(=NCc1ccc(OC)c(OC)c1)NCc1cn2ccsc2n1. The van der Waals surface area contributed by atoms with Crippen molar-refractivity contribution >= 4 is 22.3 Å². The molecular formula is C18H23N5O2S. The van der Waals surface area contributed by atoms with Crippen LogP contribution in [0.4, 0.5) is 0 Å². The van der Waals surface area contributed by atoms with Gasteiger partial charge in [0, 0.05) is 24.3 Å². The Labute approximate surface area is 156 Å². The van der Waals surface area contributed by atoms with Crippen molar-refractivity contribution in [1.29, 1.82) is 0 Å². The molecule has 2 N–H and O–H groups in total. The summed E-state index contributed by atoms with van der Waals surface area (Å²) in [7, 11) is 3.26. The van der Waals surface area contributed by atoms with E-state index in [0.717, 1.165) is 28.7 Å². The lowest BCUT2D eigenvalue weighted by atomic mass is 10.2. The van der Waals surface area contributed by atoms with Gasteiger partial charge < -0.3 is 20.1 Å². The second kappa shape index (κ2) is 8.57. The van der Waals surface area contributed by atoms with Gasteiger partial charge in [-0.2, -0.15) is 0 Å². The van der Waals surface area contributed by atoms with Crippen LogP contribution >= 0.6 is 11.3 Å². The van der Waals surface area contributed by atoms with E-state index in [1.165, 1.54) is 0 Å². The van der Waals surface area contributed by atoms with E-state index in [1.807, 2.05) is 47.3 Å². The van der Waals surface area contributed by atoms with Gasteiger partial charge in [0.1, 0.15) is 0 Å². The molecule has 1 aromatic carbocycles. The summed E-state index contributed by atoms with van der Waals surface area (Å²) >= 11 is 1.62. The maximum Gasteiger partial charge on any atom is 0.193 e. The van der Waals surface area contributed by atoms with E-state index >= 15 is 0 Å². The Kier molecular flexibility index (Phi) is 5.96. The Balaban J connectivity index is 1.65. The third-order valence-electron chi connectivity index (χ3n) is 3.79. The predicted octanol–water partition coefficient (Wildman–Crippen LogP) is 2.67. The van der Waals surface area contributed by atoms with E-state index in [1.54, 1.807) is 25.6 Å². The largest absolute Gasteiger partial charge is 0.493 e. The molecule has 0 saturated carbocycles. The van der Waals surface area contributed by atoms with Crippen molar-refractivity contribution in [2.45, 2.75) is 20.0 Å². The molecule has 0 spiro atoms. The highest BCUT2D eigenvalue weighted by Gasteiger charge is 2.06. The third-order valence-corrected chi connectivity index (χ3v) is 4.56. The molecule has 0 aliphatic heterocycles. The Bertz CT molecular complexity index is 858. The molecule has 7 nitrogen and oxygen atoms in total. The molecule has 8 heteroatoms. The summed E-state index contributed by atoms with van der Waals surface area (Å²) in [5, 5.41) is 8.60. The van der Waals surface area contributed by atoms with Crippen molar-refractivity contribution in [3.8, 4) is 11.5 Å². The predicted molar refractivity (Wildman–Crippen MR) is 104 cm³/mol. The summed E-state index contributed by atoms with van der Waals surface area (Å²) in [4.78, 5) is 10.2. The first-order valence-electron chi connectivity index (χ1n) is 8.37. The summed E-state index contributed by atoms with van der Waals surface area (Å²) < 4.78 is 12.6. The summed E-state index contributed by atoms with van der Waals surface area (Å²) in [6.07, 6.45) is 4.03. The van der Waals surface area contributed by atoms with Crippen molar-refractivity contribution in [3.05, 3.63) is 47.2 Å². The Hall–Kier alpha value is -2.74. The van der Waals surface area contributed by atoms with Gasteiger partial charge in [0.15, 0.2) is 22.4 Å². The Morgan fingerprint density at radius 3 is 2.81 bits per heavy atom. The highest BCUT2D eigenvalue weighted by molar-refractivity contribution is 7.15. The number of thiazole rings is 1. The molecule has 3 aromatic rings. The van der Waals surface area contributed by atoms with E-state index in [0.29, 0.717) is 24.6 Å². The van der Waals surface area contributed by atoms with Gasteiger partial charge in [-0.3, -0.25) is 4.40 Å². The zero-order valence-corrected chi connectivity index (χ0v) is 16.0. The number of ether oxygens (including phenoxy) is 2. The first kappa shape index (κ1) is 18.1. The molecule has 0 bridgehead atoms. The molecule has 26 heavy (non-hydrogen) atoms. The molecule has 2 heterocycles. The zero-order chi connectivity index (χ0) is 18.4. The van der Waals surface area contributed by atoms with Gasteiger partial charge >= 0.3 is 0 Å². The van der Waals surface area contributed by atoms with Crippen molar-refractivity contribution in [2.24, 2.45) is 4.99 Å². The van der Waals surface area contributed by atoms with E-state index in [-0.39, 0.29) is 0 Å². The van der Waals surface area contributed by atoms with Crippen LogP contribution in [0.2, 0.25) is 0 Å². The molecule has 0 atom stereocenters. The second-order valence-corrected chi connectivity index (χ2v) is 6.44. The summed E-state index contributed by atoms with van der Waals surface area (Å²) in [5.41, 5.74) is 2.02. The molecule has 138 valence electrons. The number of rotatable bonds is 7. The number of guanidine groups is 1. The number of aliphatic imine (C=N–C) groups is 1. The highest BCUT2D eigenvalue weighted by Crippen LogP contribution is 2.27. The van der Waals surface area contributed by atoms with Gasteiger partial charge in [0.05, 0.1) is 33.0 Å². The van der Waals surface area contributed by atoms with Crippen LogP contribution in [0.5, 0.6) is 11.5 Å². The molecule has 0 aliphatic rings. The van der Waals surface area contributed by atoms with E-state index < -0.39 is 0 Å². The maximum atomic E-state index is 5.34. The van der Waals surface area contributed by atoms with E-state index in [4.69, 9.17) is 9.47 Å². The first-order valence-corrected chi connectivity index (χ1v) is 9.25. The fraction of sp³-hybridized carbons (Fsp3) is 0.333. The number of hydrogen-bond donors (Lipinski definition) is 2. The van der Waals surface area contributed by atoms with Gasteiger partial charge in [0.2, 0.25) is 0 Å². The monoisotopic (exact) mass is 373 g/mol. The van der Waals surface area contributed by atoms with Crippen molar-refractivity contribution < 1.29 is 9.47 Å². The number of benzene rings is 1. The van der Waals surface area contributed by atoms with Crippen LogP contribution in [-0.2, 0) is 13.1 Å². The van der Waals surface area contributed by atoms with Crippen LogP contribution in [0.3, 0.4) is 0 Å². The van der Waals surface area contributed by atoms with E-state index in [9.17, 15) is 0 Å². The molecule has 0 radical (unpaired) electrons. The van der Waals surface area contributed by atoms with Gasteiger partial charge in [0.25, 0.3) is 0 Å². The molecular weight excluding hydrogens is 350 g/mol. The number of nitrogens with one attached hydrogen (secondary N) is 2. The fourth-order valence-electron chi connectivity index (χ4n) is 2.53. The second-order valence-electron chi connectivity index (χ2n) is 5.56. The number of nitrogens with zero attached hydrogens (tertiary/aromatic N) is 3. The van der Waals surface area contributed by atoms with Gasteiger partial charge in [-0.25, -0.2) is 9.98 Å². The molecule has 0 aliphatic carbocycles. The molecule has 0 amide bonds. The van der Waals surface area contributed by atoms with Crippen LogP contribution in [0, 0.1) is 0 Å². The number of imidazole rings is 1.